The fourth-order valence-electron chi connectivity index (χ4n) is 2.80. The molecule has 0 unspecified atom stereocenters. The molecule has 3 aromatic carbocycles. The first kappa shape index (κ1) is 20.9. The summed E-state index contributed by atoms with van der Waals surface area (Å²) in [6.07, 6.45) is 0. The zero-order valence-electron chi connectivity index (χ0n) is 16.6. The van der Waals surface area contributed by atoms with Crippen molar-refractivity contribution in [1.82, 2.24) is 5.32 Å². The Morgan fingerprint density at radius 3 is 1.87 bits per heavy atom. The van der Waals surface area contributed by atoms with Gasteiger partial charge in [0, 0.05) is 11.4 Å². The lowest BCUT2D eigenvalue weighted by molar-refractivity contribution is -0.146. The van der Waals surface area contributed by atoms with Crippen molar-refractivity contribution in [1.29, 1.82) is 0 Å². The van der Waals surface area contributed by atoms with Crippen LogP contribution < -0.4 is 15.0 Å². The summed E-state index contributed by atoms with van der Waals surface area (Å²) in [5.41, 5.74) is 1.84. The molecule has 30 heavy (non-hydrogen) atoms. The molecule has 0 fully saturated rings. The number of para-hydroxylation sites is 3. The number of carbonyl (C=O) groups excluding carboxylic acids is 2. The minimum absolute atomic E-state index is 0.0827. The van der Waals surface area contributed by atoms with Gasteiger partial charge >= 0.3 is 5.97 Å². The average molecular weight is 404 g/mol. The van der Waals surface area contributed by atoms with E-state index in [9.17, 15) is 9.59 Å². The van der Waals surface area contributed by atoms with E-state index >= 15 is 0 Å². The van der Waals surface area contributed by atoms with E-state index in [2.05, 4.69) is 5.32 Å². The number of ether oxygens (including phenoxy) is 2. The second-order valence-corrected chi connectivity index (χ2v) is 6.43. The first-order valence-corrected chi connectivity index (χ1v) is 9.70. The van der Waals surface area contributed by atoms with Crippen LogP contribution in [0, 0.1) is 0 Å². The quantitative estimate of drug-likeness (QED) is 0.413. The third kappa shape index (κ3) is 6.67. The molecule has 0 aliphatic carbocycles. The summed E-state index contributed by atoms with van der Waals surface area (Å²) >= 11 is 0. The SMILES string of the molecule is O=C(CN(c1ccccc1)c1ccccc1)NCCOC(=O)COc1ccccc1. The summed E-state index contributed by atoms with van der Waals surface area (Å²) in [6.45, 7) is 0.291. The number of esters is 1. The molecule has 0 atom stereocenters. The Morgan fingerprint density at radius 1 is 0.767 bits per heavy atom. The largest absolute Gasteiger partial charge is 0.482 e. The van der Waals surface area contributed by atoms with Crippen LogP contribution in [-0.4, -0.2) is 38.2 Å². The molecule has 1 amide bonds. The summed E-state index contributed by atoms with van der Waals surface area (Å²) in [6, 6.07) is 28.4. The smallest absolute Gasteiger partial charge is 0.344 e. The van der Waals surface area contributed by atoms with E-state index in [0.717, 1.165) is 11.4 Å². The van der Waals surface area contributed by atoms with Gasteiger partial charge in [-0.25, -0.2) is 4.79 Å². The van der Waals surface area contributed by atoms with Crippen LogP contribution in [0.2, 0.25) is 0 Å². The molecule has 1 N–H and O–H groups in total. The third-order valence-electron chi connectivity index (χ3n) is 4.22. The number of hydrogen-bond acceptors (Lipinski definition) is 5. The van der Waals surface area contributed by atoms with E-state index in [1.165, 1.54) is 0 Å². The van der Waals surface area contributed by atoms with Gasteiger partial charge in [-0.1, -0.05) is 54.6 Å². The van der Waals surface area contributed by atoms with Gasteiger partial charge in [0.05, 0.1) is 6.54 Å². The Kier molecular flexibility index (Phi) is 7.85. The molecular weight excluding hydrogens is 380 g/mol. The van der Waals surface area contributed by atoms with Gasteiger partial charge < -0.3 is 19.7 Å². The third-order valence-corrected chi connectivity index (χ3v) is 4.22. The number of hydrogen-bond donors (Lipinski definition) is 1. The summed E-state index contributed by atoms with van der Waals surface area (Å²) in [7, 11) is 0. The molecule has 0 heterocycles. The van der Waals surface area contributed by atoms with Crippen LogP contribution in [0.1, 0.15) is 0 Å². The Balaban J connectivity index is 1.43. The monoisotopic (exact) mass is 404 g/mol. The van der Waals surface area contributed by atoms with E-state index in [-0.39, 0.29) is 32.2 Å². The first-order valence-electron chi connectivity index (χ1n) is 9.70. The van der Waals surface area contributed by atoms with Crippen LogP contribution >= 0.6 is 0 Å². The maximum atomic E-state index is 12.4. The molecule has 6 nitrogen and oxygen atoms in total. The number of amides is 1. The van der Waals surface area contributed by atoms with Crippen molar-refractivity contribution in [3.63, 3.8) is 0 Å². The molecule has 0 radical (unpaired) electrons. The zero-order valence-corrected chi connectivity index (χ0v) is 16.6. The van der Waals surface area contributed by atoms with Crippen molar-refractivity contribution in [3.8, 4) is 5.75 Å². The number of benzene rings is 3. The lowest BCUT2D eigenvalue weighted by Crippen LogP contribution is -2.37. The highest BCUT2D eigenvalue weighted by molar-refractivity contribution is 5.84. The van der Waals surface area contributed by atoms with Gasteiger partial charge in [-0.3, -0.25) is 4.79 Å². The van der Waals surface area contributed by atoms with Gasteiger partial charge in [0.2, 0.25) is 5.91 Å². The van der Waals surface area contributed by atoms with Crippen molar-refractivity contribution in [3.05, 3.63) is 91.0 Å². The maximum Gasteiger partial charge on any atom is 0.344 e. The molecule has 0 aliphatic rings. The topological polar surface area (TPSA) is 67.9 Å². The van der Waals surface area contributed by atoms with Crippen molar-refractivity contribution < 1.29 is 19.1 Å². The van der Waals surface area contributed by atoms with Crippen LogP contribution in [-0.2, 0) is 14.3 Å². The Hall–Kier alpha value is -3.80. The molecule has 0 aromatic heterocycles. The molecule has 0 spiro atoms. The van der Waals surface area contributed by atoms with Crippen molar-refractivity contribution in [2.24, 2.45) is 0 Å². The predicted molar refractivity (Wildman–Crippen MR) is 116 cm³/mol. The highest BCUT2D eigenvalue weighted by Gasteiger charge is 2.13. The van der Waals surface area contributed by atoms with E-state index in [1.54, 1.807) is 12.1 Å². The summed E-state index contributed by atoms with van der Waals surface area (Å²) in [5, 5.41) is 2.78. The number of anilines is 2. The van der Waals surface area contributed by atoms with Gasteiger partial charge in [-0.2, -0.15) is 0 Å². The summed E-state index contributed by atoms with van der Waals surface area (Å²) < 4.78 is 10.4. The zero-order chi connectivity index (χ0) is 21.0. The fraction of sp³-hybridized carbons (Fsp3) is 0.167. The normalized spacial score (nSPS) is 10.1. The second-order valence-electron chi connectivity index (χ2n) is 6.43. The first-order chi connectivity index (χ1) is 14.7. The molecule has 0 bridgehead atoms. The number of rotatable bonds is 10. The Morgan fingerprint density at radius 2 is 1.30 bits per heavy atom. The highest BCUT2D eigenvalue weighted by atomic mass is 16.6. The van der Waals surface area contributed by atoms with Gasteiger partial charge in [0.25, 0.3) is 0 Å². The summed E-state index contributed by atoms with van der Waals surface area (Å²) in [4.78, 5) is 26.1. The van der Waals surface area contributed by atoms with E-state index < -0.39 is 5.97 Å². The molecule has 0 saturated carbocycles. The standard InChI is InChI=1S/C24H24N2O4/c27-23(25-16-17-29-24(28)19-30-22-14-8-3-9-15-22)18-26(20-10-4-1-5-11-20)21-12-6-2-7-13-21/h1-15H,16-19H2,(H,25,27). The van der Waals surface area contributed by atoms with Gasteiger partial charge in [-0.05, 0) is 36.4 Å². The Labute approximate surface area is 176 Å². The van der Waals surface area contributed by atoms with Crippen molar-refractivity contribution in [2.45, 2.75) is 0 Å². The lowest BCUT2D eigenvalue weighted by atomic mass is 10.2. The van der Waals surface area contributed by atoms with Gasteiger partial charge in [0.15, 0.2) is 6.61 Å². The minimum atomic E-state index is -0.483. The second kappa shape index (κ2) is 11.3. The molecule has 3 rings (SSSR count). The van der Waals surface area contributed by atoms with Crippen molar-refractivity contribution >= 4 is 23.3 Å². The molecule has 0 saturated heterocycles. The minimum Gasteiger partial charge on any atom is -0.482 e. The molecule has 3 aromatic rings. The number of nitrogens with zero attached hydrogens (tertiary/aromatic N) is 1. The van der Waals surface area contributed by atoms with E-state index in [4.69, 9.17) is 9.47 Å². The molecular formula is C24H24N2O4. The molecule has 6 heteroatoms. The van der Waals surface area contributed by atoms with Crippen LogP contribution in [0.5, 0.6) is 5.75 Å². The number of carbonyl (C=O) groups is 2. The number of nitrogens with one attached hydrogen (secondary N) is 1. The maximum absolute atomic E-state index is 12.4. The summed E-state index contributed by atoms with van der Waals surface area (Å²) in [5.74, 6) is -0.0488. The van der Waals surface area contributed by atoms with Crippen molar-refractivity contribution in [2.75, 3.05) is 31.2 Å². The van der Waals surface area contributed by atoms with Gasteiger partial charge in [0.1, 0.15) is 18.9 Å². The molecule has 154 valence electrons. The van der Waals surface area contributed by atoms with E-state index in [0.29, 0.717) is 5.75 Å². The van der Waals surface area contributed by atoms with E-state index in [1.807, 2.05) is 83.8 Å². The van der Waals surface area contributed by atoms with Crippen LogP contribution in [0.3, 0.4) is 0 Å². The Bertz CT molecular complexity index is 878. The van der Waals surface area contributed by atoms with Crippen LogP contribution in [0.15, 0.2) is 91.0 Å². The molecule has 0 aliphatic heterocycles. The van der Waals surface area contributed by atoms with Crippen LogP contribution in [0.4, 0.5) is 11.4 Å². The average Bonchev–Trinajstić information content (AvgIpc) is 2.81. The lowest BCUT2D eigenvalue weighted by Gasteiger charge is -2.24. The highest BCUT2D eigenvalue weighted by Crippen LogP contribution is 2.24. The van der Waals surface area contributed by atoms with Crippen LogP contribution in [0.25, 0.3) is 0 Å². The predicted octanol–water partition coefficient (Wildman–Crippen LogP) is 3.56. The van der Waals surface area contributed by atoms with Gasteiger partial charge in [-0.15, -0.1) is 0 Å². The fourth-order valence-corrected chi connectivity index (χ4v) is 2.80.